The maximum atomic E-state index is 12.4. The second-order valence-electron chi connectivity index (χ2n) is 6.58. The summed E-state index contributed by atoms with van der Waals surface area (Å²) in [6.45, 7) is 1.55. The number of hydrogen-bond donors (Lipinski definition) is 3. The highest BCUT2D eigenvalue weighted by Crippen LogP contribution is 2.42. The maximum Gasteiger partial charge on any atom is 0.335 e. The topological polar surface area (TPSA) is 116 Å². The second-order valence-corrected chi connectivity index (χ2v) is 6.58. The van der Waals surface area contributed by atoms with Gasteiger partial charge in [-0.05, 0) is 43.4 Å². The number of benzene rings is 1. The molecule has 1 aromatic rings. The number of aromatic carboxylic acids is 1. The van der Waals surface area contributed by atoms with Gasteiger partial charge in [0.25, 0.3) is 5.91 Å². The minimum atomic E-state index is -1.02. The van der Waals surface area contributed by atoms with Crippen LogP contribution in [0.2, 0.25) is 0 Å². The van der Waals surface area contributed by atoms with Gasteiger partial charge in [0.05, 0.1) is 5.56 Å². The third kappa shape index (κ3) is 3.33. The maximum absolute atomic E-state index is 12.4. The molecule has 1 saturated carbocycles. The van der Waals surface area contributed by atoms with Crippen LogP contribution in [0.25, 0.3) is 0 Å². The predicted molar refractivity (Wildman–Crippen MR) is 86.6 cm³/mol. The first-order valence-corrected chi connectivity index (χ1v) is 8.04. The van der Waals surface area contributed by atoms with Crippen LogP contribution in [0.4, 0.5) is 4.79 Å². The van der Waals surface area contributed by atoms with E-state index in [-0.39, 0.29) is 30.5 Å². The molecule has 1 aliphatic carbocycles. The van der Waals surface area contributed by atoms with Crippen LogP contribution in [-0.2, 0) is 16.1 Å². The van der Waals surface area contributed by atoms with Crippen LogP contribution in [-0.4, -0.2) is 45.9 Å². The lowest BCUT2D eigenvalue weighted by atomic mass is 9.96. The lowest BCUT2D eigenvalue weighted by Crippen LogP contribution is -2.46. The molecule has 4 amide bonds. The van der Waals surface area contributed by atoms with E-state index in [9.17, 15) is 19.2 Å². The lowest BCUT2D eigenvalue weighted by molar-refractivity contribution is -0.135. The van der Waals surface area contributed by atoms with E-state index in [2.05, 4.69) is 10.6 Å². The minimum absolute atomic E-state index is 0.143. The Morgan fingerprint density at radius 1 is 1.28 bits per heavy atom. The number of nitrogens with zero attached hydrogens (tertiary/aromatic N) is 1. The molecule has 8 nitrogen and oxygen atoms in total. The Kier molecular flexibility index (Phi) is 4.20. The Hall–Kier alpha value is -2.90. The van der Waals surface area contributed by atoms with Gasteiger partial charge in [-0.25, -0.2) is 9.59 Å². The van der Waals surface area contributed by atoms with Crippen molar-refractivity contribution in [3.8, 4) is 0 Å². The zero-order valence-corrected chi connectivity index (χ0v) is 13.7. The number of nitrogens with one attached hydrogen (secondary N) is 2. The van der Waals surface area contributed by atoms with Gasteiger partial charge >= 0.3 is 12.0 Å². The van der Waals surface area contributed by atoms with E-state index in [4.69, 9.17) is 5.11 Å². The van der Waals surface area contributed by atoms with Crippen molar-refractivity contribution < 1.29 is 24.3 Å². The fraction of sp³-hybridized carbons (Fsp3) is 0.412. The van der Waals surface area contributed by atoms with Crippen molar-refractivity contribution in [3.05, 3.63) is 35.4 Å². The lowest BCUT2D eigenvalue weighted by Gasteiger charge is -2.20. The molecule has 1 atom stereocenters. The summed E-state index contributed by atoms with van der Waals surface area (Å²) in [7, 11) is 0. The molecule has 0 spiro atoms. The van der Waals surface area contributed by atoms with Crippen molar-refractivity contribution in [2.45, 2.75) is 31.8 Å². The number of carbonyl (C=O) groups excluding carboxylic acids is 3. The van der Waals surface area contributed by atoms with Gasteiger partial charge in [0.15, 0.2) is 0 Å². The monoisotopic (exact) mass is 345 g/mol. The van der Waals surface area contributed by atoms with Gasteiger partial charge in [0.1, 0.15) is 12.1 Å². The van der Waals surface area contributed by atoms with Gasteiger partial charge in [0.2, 0.25) is 5.91 Å². The zero-order chi connectivity index (χ0) is 18.2. The molecule has 25 heavy (non-hydrogen) atoms. The molecule has 0 radical (unpaired) electrons. The van der Waals surface area contributed by atoms with Gasteiger partial charge in [0, 0.05) is 6.54 Å². The van der Waals surface area contributed by atoms with Crippen LogP contribution in [0, 0.1) is 5.92 Å². The summed E-state index contributed by atoms with van der Waals surface area (Å²) in [4.78, 5) is 48.2. The van der Waals surface area contributed by atoms with Crippen LogP contribution in [0.1, 0.15) is 35.7 Å². The summed E-state index contributed by atoms with van der Waals surface area (Å²) in [5.74, 6) is -1.69. The van der Waals surface area contributed by atoms with Crippen molar-refractivity contribution in [1.82, 2.24) is 15.5 Å². The Balaban J connectivity index is 1.55. The molecule has 2 fully saturated rings. The quantitative estimate of drug-likeness (QED) is 0.657. The van der Waals surface area contributed by atoms with Crippen LogP contribution in [0.5, 0.6) is 0 Å². The number of hydrogen-bond acceptors (Lipinski definition) is 4. The fourth-order valence-electron chi connectivity index (χ4n) is 2.96. The number of rotatable bonds is 6. The number of urea groups is 1. The van der Waals surface area contributed by atoms with Crippen LogP contribution in [0.3, 0.4) is 0 Å². The Labute approximate surface area is 144 Å². The van der Waals surface area contributed by atoms with Crippen molar-refractivity contribution >= 4 is 23.8 Å². The smallest absolute Gasteiger partial charge is 0.335 e. The molecule has 0 bridgehead atoms. The molecular weight excluding hydrogens is 326 g/mol. The summed E-state index contributed by atoms with van der Waals surface area (Å²) >= 11 is 0. The van der Waals surface area contributed by atoms with Gasteiger partial charge in [-0.3, -0.25) is 14.5 Å². The Bertz CT molecular complexity index is 741. The van der Waals surface area contributed by atoms with Gasteiger partial charge in [-0.1, -0.05) is 12.1 Å². The summed E-state index contributed by atoms with van der Waals surface area (Å²) < 4.78 is 0. The Morgan fingerprint density at radius 2 is 1.92 bits per heavy atom. The van der Waals surface area contributed by atoms with Crippen molar-refractivity contribution in [1.29, 1.82) is 0 Å². The van der Waals surface area contributed by atoms with Crippen LogP contribution in [0.15, 0.2) is 24.3 Å². The summed E-state index contributed by atoms with van der Waals surface area (Å²) in [5, 5.41) is 14.2. The predicted octanol–water partition coefficient (Wildman–Crippen LogP) is 0.721. The highest BCUT2D eigenvalue weighted by molar-refractivity contribution is 6.09. The minimum Gasteiger partial charge on any atom is -0.478 e. The average Bonchev–Trinajstić information content (AvgIpc) is 3.39. The molecule has 3 N–H and O–H groups in total. The average molecular weight is 345 g/mol. The van der Waals surface area contributed by atoms with Crippen LogP contribution >= 0.6 is 0 Å². The number of carboxylic acids is 1. The van der Waals surface area contributed by atoms with E-state index in [1.807, 2.05) is 0 Å². The molecule has 1 aromatic carbocycles. The second kappa shape index (κ2) is 6.19. The summed E-state index contributed by atoms with van der Waals surface area (Å²) in [6.07, 6.45) is 1.80. The number of carboxylic acid groups (broad SMARTS) is 1. The molecule has 132 valence electrons. The first-order valence-electron chi connectivity index (χ1n) is 8.04. The van der Waals surface area contributed by atoms with Crippen molar-refractivity contribution in [2.75, 3.05) is 6.54 Å². The third-order valence-electron chi connectivity index (χ3n) is 4.69. The van der Waals surface area contributed by atoms with Crippen molar-refractivity contribution in [3.63, 3.8) is 0 Å². The highest BCUT2D eigenvalue weighted by atomic mass is 16.4. The molecule has 2 aliphatic rings. The molecule has 3 rings (SSSR count). The van der Waals surface area contributed by atoms with E-state index in [0.717, 1.165) is 23.3 Å². The molecule has 0 aromatic heterocycles. The molecule has 1 saturated heterocycles. The van der Waals surface area contributed by atoms with Crippen LogP contribution < -0.4 is 10.6 Å². The zero-order valence-electron chi connectivity index (χ0n) is 13.7. The molecule has 8 heteroatoms. The van der Waals surface area contributed by atoms with Gasteiger partial charge in [-0.15, -0.1) is 0 Å². The van der Waals surface area contributed by atoms with E-state index in [0.29, 0.717) is 0 Å². The summed E-state index contributed by atoms with van der Waals surface area (Å²) in [5.41, 5.74) is -0.0172. The first-order chi connectivity index (χ1) is 11.8. The molecule has 1 heterocycles. The van der Waals surface area contributed by atoms with Gasteiger partial charge < -0.3 is 15.7 Å². The SMILES string of the molecule is C[C@@]1(C2CC2)NC(=O)N(CC(=O)NCc2ccc(C(=O)O)cc2)C1=O. The van der Waals surface area contributed by atoms with E-state index in [1.165, 1.54) is 12.1 Å². The number of amides is 4. The number of carbonyl (C=O) groups is 4. The molecule has 0 unspecified atom stereocenters. The summed E-state index contributed by atoms with van der Waals surface area (Å²) in [6, 6.07) is 5.55. The van der Waals surface area contributed by atoms with E-state index >= 15 is 0 Å². The normalized spacial score (nSPS) is 22.7. The van der Waals surface area contributed by atoms with Crippen molar-refractivity contribution in [2.24, 2.45) is 5.92 Å². The standard InChI is InChI=1S/C17H19N3O5/c1-17(12-6-7-12)15(24)20(16(25)19-17)9-13(21)18-8-10-2-4-11(5-3-10)14(22)23/h2-5,12H,6-9H2,1H3,(H,18,21)(H,19,25)(H,22,23)/t17-/m0/s1. The van der Waals surface area contributed by atoms with Gasteiger partial charge in [-0.2, -0.15) is 0 Å². The largest absolute Gasteiger partial charge is 0.478 e. The first kappa shape index (κ1) is 16.9. The molecule has 1 aliphatic heterocycles. The van der Waals surface area contributed by atoms with E-state index in [1.54, 1.807) is 19.1 Å². The number of imide groups is 1. The Morgan fingerprint density at radius 3 is 2.48 bits per heavy atom. The highest BCUT2D eigenvalue weighted by Gasteiger charge is 2.56. The van der Waals surface area contributed by atoms with E-state index < -0.39 is 23.4 Å². The fourth-order valence-corrected chi connectivity index (χ4v) is 2.96. The third-order valence-corrected chi connectivity index (χ3v) is 4.69. The molecular formula is C17H19N3O5.